The molecule has 0 saturated carbocycles. The van der Waals surface area contributed by atoms with Gasteiger partial charge >= 0.3 is 0 Å². The minimum absolute atomic E-state index is 0.133. The van der Waals surface area contributed by atoms with Crippen LogP contribution in [0.25, 0.3) is 12.7 Å². The van der Waals surface area contributed by atoms with Crippen LogP contribution in [0.15, 0.2) is 16.1 Å². The zero-order chi connectivity index (χ0) is 9.14. The van der Waals surface area contributed by atoms with E-state index in [2.05, 4.69) is 11.6 Å². The van der Waals surface area contributed by atoms with Crippen molar-refractivity contribution in [3.05, 3.63) is 27.8 Å². The molecule has 0 aliphatic carbocycles. The van der Waals surface area contributed by atoms with Gasteiger partial charge in [0.1, 0.15) is 5.35 Å². The van der Waals surface area contributed by atoms with Gasteiger partial charge in [-0.15, -0.1) is 0 Å². The molecular formula is C9H10ClNO. The minimum atomic E-state index is 0.133. The van der Waals surface area contributed by atoms with Crippen LogP contribution < -0.4 is 10.8 Å². The molecule has 1 aromatic rings. The quantitative estimate of drug-likeness (QED) is 0.660. The molecular weight excluding hydrogens is 174 g/mol. The van der Waals surface area contributed by atoms with Crippen molar-refractivity contribution in [2.75, 3.05) is 0 Å². The van der Waals surface area contributed by atoms with Gasteiger partial charge in [-0.25, -0.2) is 0 Å². The van der Waals surface area contributed by atoms with E-state index in [1.807, 2.05) is 19.9 Å². The van der Waals surface area contributed by atoms with Crippen molar-refractivity contribution in [3.63, 3.8) is 0 Å². The standard InChI is InChI=1S/C9H10ClNO/c1-6(2)4-5-8-7(3)11-9(10)12-8/h4-5H,3H2,1-2H3/b8-5+. The summed E-state index contributed by atoms with van der Waals surface area (Å²) >= 11 is 5.52. The smallest absolute Gasteiger partial charge is 0.293 e. The second-order valence-corrected chi connectivity index (χ2v) is 3.01. The van der Waals surface area contributed by atoms with E-state index in [4.69, 9.17) is 16.0 Å². The van der Waals surface area contributed by atoms with E-state index in [0.717, 1.165) is 0 Å². The maximum absolute atomic E-state index is 5.52. The van der Waals surface area contributed by atoms with Crippen LogP contribution in [0.1, 0.15) is 13.8 Å². The Kier molecular flexibility index (Phi) is 2.71. The Morgan fingerprint density at radius 1 is 1.58 bits per heavy atom. The monoisotopic (exact) mass is 183 g/mol. The predicted octanol–water partition coefficient (Wildman–Crippen LogP) is 1.48. The normalized spacial score (nSPS) is 11.8. The van der Waals surface area contributed by atoms with Crippen LogP contribution >= 0.6 is 11.6 Å². The first-order valence-corrected chi connectivity index (χ1v) is 3.94. The zero-order valence-electron chi connectivity index (χ0n) is 7.10. The van der Waals surface area contributed by atoms with Gasteiger partial charge in [0.2, 0.25) is 0 Å². The number of aromatic nitrogens is 1. The molecule has 0 fully saturated rings. The molecule has 0 aliphatic heterocycles. The molecule has 0 aromatic carbocycles. The van der Waals surface area contributed by atoms with Crippen molar-refractivity contribution in [2.24, 2.45) is 0 Å². The first-order chi connectivity index (χ1) is 5.59. The topological polar surface area (TPSA) is 26.0 Å². The molecule has 0 N–H and O–H groups in total. The van der Waals surface area contributed by atoms with Gasteiger partial charge in [-0.05, 0) is 31.5 Å². The molecule has 3 heteroatoms. The number of nitrogens with zero attached hydrogens (tertiary/aromatic N) is 1. The fraction of sp³-hybridized carbons (Fsp3) is 0.222. The molecule has 0 bridgehead atoms. The third kappa shape index (κ3) is 2.24. The number of rotatable bonds is 1. The summed E-state index contributed by atoms with van der Waals surface area (Å²) in [6, 6.07) is 0. The van der Waals surface area contributed by atoms with Crippen LogP contribution in [0.2, 0.25) is 5.35 Å². The Balaban J connectivity index is 3.19. The molecule has 2 nitrogen and oxygen atoms in total. The van der Waals surface area contributed by atoms with Crippen LogP contribution in [0, 0.1) is 0 Å². The van der Waals surface area contributed by atoms with Crippen molar-refractivity contribution in [2.45, 2.75) is 13.8 Å². The Morgan fingerprint density at radius 3 is 2.67 bits per heavy atom. The first kappa shape index (κ1) is 9.07. The second kappa shape index (κ2) is 3.59. The van der Waals surface area contributed by atoms with Crippen LogP contribution in [0.4, 0.5) is 0 Å². The van der Waals surface area contributed by atoms with Crippen LogP contribution in [0.3, 0.4) is 0 Å². The highest BCUT2D eigenvalue weighted by Crippen LogP contribution is 1.94. The average molecular weight is 184 g/mol. The predicted molar refractivity (Wildman–Crippen MR) is 50.2 cm³/mol. The van der Waals surface area contributed by atoms with E-state index in [0.29, 0.717) is 10.8 Å². The third-order valence-corrected chi connectivity index (χ3v) is 1.43. The Labute approximate surface area is 75.9 Å². The highest BCUT2D eigenvalue weighted by molar-refractivity contribution is 6.27. The van der Waals surface area contributed by atoms with E-state index in [1.54, 1.807) is 6.08 Å². The van der Waals surface area contributed by atoms with Gasteiger partial charge in [-0.3, -0.25) is 0 Å². The largest absolute Gasteiger partial charge is 0.428 e. The van der Waals surface area contributed by atoms with E-state index >= 15 is 0 Å². The van der Waals surface area contributed by atoms with Crippen molar-refractivity contribution >= 4 is 24.3 Å². The van der Waals surface area contributed by atoms with E-state index in [1.165, 1.54) is 5.57 Å². The molecule has 1 aromatic heterocycles. The molecule has 12 heavy (non-hydrogen) atoms. The fourth-order valence-electron chi connectivity index (χ4n) is 0.706. The summed E-state index contributed by atoms with van der Waals surface area (Å²) in [5.74, 6) is 0. The van der Waals surface area contributed by atoms with Crippen LogP contribution in [-0.2, 0) is 0 Å². The zero-order valence-corrected chi connectivity index (χ0v) is 7.85. The van der Waals surface area contributed by atoms with E-state index in [-0.39, 0.29) is 5.35 Å². The number of oxazole rings is 1. The Morgan fingerprint density at radius 2 is 2.25 bits per heavy atom. The van der Waals surface area contributed by atoms with Gasteiger partial charge in [0.15, 0.2) is 5.42 Å². The molecule has 1 rings (SSSR count). The fourth-order valence-corrected chi connectivity index (χ4v) is 0.891. The first-order valence-electron chi connectivity index (χ1n) is 3.56. The summed E-state index contributed by atoms with van der Waals surface area (Å²) in [6.45, 7) is 7.66. The van der Waals surface area contributed by atoms with Crippen LogP contribution in [-0.4, -0.2) is 4.98 Å². The highest BCUT2D eigenvalue weighted by atomic mass is 35.5. The molecule has 0 atom stereocenters. The van der Waals surface area contributed by atoms with Gasteiger partial charge in [-0.1, -0.05) is 18.2 Å². The third-order valence-electron chi connectivity index (χ3n) is 1.27. The Hall–Kier alpha value is -1.02. The SMILES string of the molecule is C=c1nc(Cl)o/c1=C/C=C(C)C. The van der Waals surface area contributed by atoms with Crippen molar-refractivity contribution in [1.29, 1.82) is 0 Å². The minimum Gasteiger partial charge on any atom is -0.428 e. The summed E-state index contributed by atoms with van der Waals surface area (Å²) in [4.78, 5) is 3.82. The molecule has 64 valence electrons. The lowest BCUT2D eigenvalue weighted by atomic mass is 10.3. The lowest BCUT2D eigenvalue weighted by molar-refractivity contribution is 0.527. The molecule has 0 radical (unpaired) electrons. The molecule has 0 saturated heterocycles. The van der Waals surface area contributed by atoms with E-state index in [9.17, 15) is 0 Å². The van der Waals surface area contributed by atoms with Gasteiger partial charge in [0.05, 0.1) is 0 Å². The van der Waals surface area contributed by atoms with Crippen LogP contribution in [0.5, 0.6) is 0 Å². The molecule has 0 aliphatic rings. The molecule has 0 spiro atoms. The maximum Gasteiger partial charge on any atom is 0.293 e. The second-order valence-electron chi connectivity index (χ2n) is 2.69. The number of hydrogen-bond acceptors (Lipinski definition) is 2. The molecule has 0 unspecified atom stereocenters. The summed E-state index contributed by atoms with van der Waals surface area (Å²) in [7, 11) is 0. The van der Waals surface area contributed by atoms with Gasteiger partial charge < -0.3 is 4.42 Å². The molecule has 1 heterocycles. The summed E-state index contributed by atoms with van der Waals surface area (Å²) in [6.07, 6.45) is 3.72. The van der Waals surface area contributed by atoms with E-state index < -0.39 is 0 Å². The van der Waals surface area contributed by atoms with Crippen molar-refractivity contribution in [1.82, 2.24) is 4.98 Å². The van der Waals surface area contributed by atoms with Gasteiger partial charge in [0.25, 0.3) is 5.35 Å². The highest BCUT2D eigenvalue weighted by Gasteiger charge is 1.93. The Bertz CT molecular complexity index is 399. The number of hydrogen-bond donors (Lipinski definition) is 0. The lowest BCUT2D eigenvalue weighted by Crippen LogP contribution is -2.19. The number of halogens is 1. The maximum atomic E-state index is 5.52. The summed E-state index contributed by atoms with van der Waals surface area (Å²) in [5.41, 5.74) is 1.79. The van der Waals surface area contributed by atoms with Gasteiger partial charge in [-0.2, -0.15) is 4.98 Å². The summed E-state index contributed by atoms with van der Waals surface area (Å²) < 4.78 is 5.06. The van der Waals surface area contributed by atoms with Crippen molar-refractivity contribution in [3.8, 4) is 0 Å². The van der Waals surface area contributed by atoms with Crippen molar-refractivity contribution < 1.29 is 4.42 Å². The summed E-state index contributed by atoms with van der Waals surface area (Å²) in [5, 5.41) is 0.700. The van der Waals surface area contributed by atoms with Gasteiger partial charge in [0, 0.05) is 0 Å². The number of allylic oxidation sites excluding steroid dienone is 2. The lowest BCUT2D eigenvalue weighted by Gasteiger charge is -1.79. The average Bonchev–Trinajstić information content (AvgIpc) is 2.26. The molecule has 0 amide bonds.